The minimum Gasteiger partial charge on any atom is -0.311 e. The third kappa shape index (κ3) is 0.953. The highest BCUT2D eigenvalue weighted by atomic mass is 32.2. The van der Waals surface area contributed by atoms with Crippen LogP contribution in [0.15, 0.2) is 0 Å². The van der Waals surface area contributed by atoms with Gasteiger partial charge < -0.3 is 5.73 Å². The fourth-order valence-corrected chi connectivity index (χ4v) is 1.67. The normalized spacial score (nSPS) is 25.1. The molecule has 4 N–H and O–H groups in total. The van der Waals surface area contributed by atoms with Crippen molar-refractivity contribution in [3.05, 3.63) is 0 Å². The fraction of sp³-hybridized carbons (Fsp3) is 1.00. The van der Waals surface area contributed by atoms with Gasteiger partial charge in [-0.3, -0.25) is 0 Å². The Balaban J connectivity index is 2.84. The van der Waals surface area contributed by atoms with Crippen LogP contribution in [0.5, 0.6) is 0 Å². The van der Waals surface area contributed by atoms with Crippen molar-refractivity contribution in [3.8, 4) is 0 Å². The van der Waals surface area contributed by atoms with Crippen molar-refractivity contribution < 1.29 is 8.42 Å². The van der Waals surface area contributed by atoms with E-state index in [4.69, 9.17) is 10.9 Å². The molecule has 0 heterocycles. The Morgan fingerprint density at radius 2 is 1.78 bits per heavy atom. The van der Waals surface area contributed by atoms with E-state index in [1.54, 1.807) is 0 Å². The van der Waals surface area contributed by atoms with Gasteiger partial charge in [-0.2, -0.15) is 0 Å². The average molecular weight is 150 g/mol. The fourth-order valence-electron chi connectivity index (χ4n) is 0.810. The van der Waals surface area contributed by atoms with E-state index in [2.05, 4.69) is 0 Å². The molecule has 0 aromatic rings. The van der Waals surface area contributed by atoms with Crippen molar-refractivity contribution >= 4 is 10.0 Å². The molecule has 1 aliphatic carbocycles. The molecule has 0 aromatic carbocycles. The van der Waals surface area contributed by atoms with Crippen LogP contribution in [0.25, 0.3) is 0 Å². The summed E-state index contributed by atoms with van der Waals surface area (Å²) in [6.07, 6.45) is 1.88. The molecule has 0 atom stereocenters. The van der Waals surface area contributed by atoms with Crippen LogP contribution in [0.2, 0.25) is 0 Å². The lowest BCUT2D eigenvalue weighted by Crippen LogP contribution is -2.56. The summed E-state index contributed by atoms with van der Waals surface area (Å²) in [5, 5.41) is 4.82. The largest absolute Gasteiger partial charge is 0.311 e. The standard InChI is InChI=1S/C4H10N2O2S/c5-4(2-1-3-4)9(6,7)8/h1-3,5H2,(H2,6,7,8). The summed E-state index contributed by atoms with van der Waals surface area (Å²) in [5.74, 6) is 0. The molecule has 0 unspecified atom stereocenters. The summed E-state index contributed by atoms with van der Waals surface area (Å²) < 4.78 is 21.2. The summed E-state index contributed by atoms with van der Waals surface area (Å²) in [4.78, 5) is -1.09. The molecule has 0 aliphatic heterocycles. The number of nitrogens with two attached hydrogens (primary N) is 2. The molecule has 0 spiro atoms. The van der Waals surface area contributed by atoms with Crippen LogP contribution in [0.4, 0.5) is 0 Å². The van der Waals surface area contributed by atoms with Crippen molar-refractivity contribution in [1.29, 1.82) is 0 Å². The zero-order valence-electron chi connectivity index (χ0n) is 5.00. The number of sulfonamides is 1. The molecular weight excluding hydrogens is 140 g/mol. The first-order chi connectivity index (χ1) is 3.96. The third-order valence-electron chi connectivity index (χ3n) is 1.77. The van der Waals surface area contributed by atoms with Crippen molar-refractivity contribution in [1.82, 2.24) is 0 Å². The van der Waals surface area contributed by atoms with Gasteiger partial charge in [0.25, 0.3) is 0 Å². The lowest BCUT2D eigenvalue weighted by Gasteiger charge is -2.34. The monoisotopic (exact) mass is 150 g/mol. The second-order valence-electron chi connectivity index (χ2n) is 2.46. The van der Waals surface area contributed by atoms with Gasteiger partial charge in [-0.1, -0.05) is 0 Å². The van der Waals surface area contributed by atoms with E-state index in [-0.39, 0.29) is 0 Å². The van der Waals surface area contributed by atoms with E-state index in [1.165, 1.54) is 0 Å². The molecule has 1 saturated carbocycles. The first-order valence-corrected chi connectivity index (χ1v) is 4.32. The molecule has 54 valence electrons. The molecule has 9 heavy (non-hydrogen) atoms. The second-order valence-corrected chi connectivity index (χ2v) is 4.37. The van der Waals surface area contributed by atoms with Gasteiger partial charge in [0.15, 0.2) is 0 Å². The first-order valence-electron chi connectivity index (χ1n) is 2.77. The maximum atomic E-state index is 10.6. The molecular formula is C4H10N2O2S. The maximum absolute atomic E-state index is 10.6. The van der Waals surface area contributed by atoms with E-state index in [0.717, 1.165) is 6.42 Å². The number of primary sulfonamides is 1. The third-order valence-corrected chi connectivity index (χ3v) is 3.31. The van der Waals surface area contributed by atoms with Crippen molar-refractivity contribution in [2.75, 3.05) is 0 Å². The SMILES string of the molecule is NC1(S(N)(=O)=O)CCC1. The van der Waals surface area contributed by atoms with Crippen molar-refractivity contribution in [2.24, 2.45) is 10.9 Å². The zero-order valence-corrected chi connectivity index (χ0v) is 5.82. The molecule has 5 heteroatoms. The lowest BCUT2D eigenvalue weighted by atomic mass is 9.93. The average Bonchev–Trinajstić information content (AvgIpc) is 1.57. The zero-order chi connectivity index (χ0) is 7.12. The molecule has 0 bridgehead atoms. The van der Waals surface area contributed by atoms with E-state index in [0.29, 0.717) is 12.8 Å². The van der Waals surface area contributed by atoms with Gasteiger partial charge in [-0.15, -0.1) is 0 Å². The van der Waals surface area contributed by atoms with E-state index < -0.39 is 14.9 Å². The van der Waals surface area contributed by atoms with Crippen LogP contribution in [0, 0.1) is 0 Å². The minimum absolute atomic E-state index is 0.506. The Labute approximate surface area is 54.3 Å². The molecule has 0 amide bonds. The highest BCUT2D eigenvalue weighted by Gasteiger charge is 2.43. The van der Waals surface area contributed by atoms with Gasteiger partial charge in [0.05, 0.1) is 0 Å². The van der Waals surface area contributed by atoms with E-state index in [1.807, 2.05) is 0 Å². The van der Waals surface area contributed by atoms with Gasteiger partial charge in [0.2, 0.25) is 10.0 Å². The van der Waals surface area contributed by atoms with Crippen LogP contribution in [-0.4, -0.2) is 13.3 Å². The molecule has 4 nitrogen and oxygen atoms in total. The van der Waals surface area contributed by atoms with Crippen LogP contribution < -0.4 is 10.9 Å². The highest BCUT2D eigenvalue weighted by molar-refractivity contribution is 7.90. The van der Waals surface area contributed by atoms with Crippen LogP contribution >= 0.6 is 0 Å². The molecule has 0 aromatic heterocycles. The summed E-state index contributed by atoms with van der Waals surface area (Å²) in [6.45, 7) is 0. The summed E-state index contributed by atoms with van der Waals surface area (Å²) in [6, 6.07) is 0. The van der Waals surface area contributed by atoms with Crippen LogP contribution in [0.3, 0.4) is 0 Å². The smallest absolute Gasteiger partial charge is 0.227 e. The van der Waals surface area contributed by atoms with Crippen LogP contribution in [0.1, 0.15) is 19.3 Å². The molecule has 0 radical (unpaired) electrons. The lowest BCUT2D eigenvalue weighted by molar-refractivity contribution is 0.346. The predicted molar refractivity (Wildman–Crippen MR) is 33.9 cm³/mol. The van der Waals surface area contributed by atoms with Gasteiger partial charge in [0.1, 0.15) is 4.87 Å². The minimum atomic E-state index is -3.49. The Kier molecular flexibility index (Phi) is 1.30. The Hall–Kier alpha value is -0.130. The van der Waals surface area contributed by atoms with Gasteiger partial charge >= 0.3 is 0 Å². The van der Waals surface area contributed by atoms with Crippen LogP contribution in [-0.2, 0) is 10.0 Å². The topological polar surface area (TPSA) is 86.2 Å². The Morgan fingerprint density at radius 1 is 1.33 bits per heavy atom. The number of hydrogen-bond acceptors (Lipinski definition) is 3. The summed E-state index contributed by atoms with van der Waals surface area (Å²) in [5.41, 5.74) is 5.37. The molecule has 1 fully saturated rings. The maximum Gasteiger partial charge on any atom is 0.227 e. The predicted octanol–water partition coefficient (Wildman–Crippen LogP) is -0.886. The summed E-state index contributed by atoms with van der Waals surface area (Å²) >= 11 is 0. The second kappa shape index (κ2) is 1.68. The first kappa shape index (κ1) is 6.98. The Bertz CT molecular complexity index is 205. The molecule has 0 saturated heterocycles. The van der Waals surface area contributed by atoms with Crippen molar-refractivity contribution in [2.45, 2.75) is 24.1 Å². The van der Waals surface area contributed by atoms with Gasteiger partial charge in [0, 0.05) is 0 Å². The summed E-state index contributed by atoms with van der Waals surface area (Å²) in [7, 11) is -3.49. The highest BCUT2D eigenvalue weighted by Crippen LogP contribution is 2.32. The number of rotatable bonds is 1. The number of hydrogen-bond donors (Lipinski definition) is 2. The molecule has 1 rings (SSSR count). The van der Waals surface area contributed by atoms with Crippen molar-refractivity contribution in [3.63, 3.8) is 0 Å². The van der Waals surface area contributed by atoms with E-state index in [9.17, 15) is 8.42 Å². The molecule has 1 aliphatic rings. The Morgan fingerprint density at radius 3 is 1.78 bits per heavy atom. The quantitative estimate of drug-likeness (QED) is 0.508. The van der Waals surface area contributed by atoms with Gasteiger partial charge in [-0.25, -0.2) is 13.6 Å². The van der Waals surface area contributed by atoms with E-state index >= 15 is 0 Å². The van der Waals surface area contributed by atoms with Gasteiger partial charge in [-0.05, 0) is 19.3 Å².